The Balaban J connectivity index is 2.30. The number of sulfone groups is 1. The highest BCUT2D eigenvalue weighted by molar-refractivity contribution is 7.90. The van der Waals surface area contributed by atoms with Crippen LogP contribution in [0.4, 0.5) is 0 Å². The van der Waals surface area contributed by atoms with Crippen molar-refractivity contribution in [1.82, 2.24) is 15.0 Å². The highest BCUT2D eigenvalue weighted by atomic mass is 35.5. The molecule has 0 aromatic carbocycles. The number of aromatic nitrogens is 3. The van der Waals surface area contributed by atoms with Gasteiger partial charge >= 0.3 is 0 Å². The third-order valence-electron chi connectivity index (χ3n) is 2.18. The summed E-state index contributed by atoms with van der Waals surface area (Å²) in [4.78, 5) is 11.4. The van der Waals surface area contributed by atoms with Gasteiger partial charge in [-0.05, 0) is 30.2 Å². The number of halogens is 1. The molecule has 18 heavy (non-hydrogen) atoms. The molecule has 0 aliphatic carbocycles. The van der Waals surface area contributed by atoms with Crippen molar-refractivity contribution in [1.29, 1.82) is 0 Å². The molecule has 2 heterocycles. The molecule has 0 amide bonds. The largest absolute Gasteiger partial charge is 0.247 e. The number of pyridine rings is 1. The molecule has 0 aliphatic heterocycles. The summed E-state index contributed by atoms with van der Waals surface area (Å²) in [6.07, 6.45) is 4.40. The Kier molecular flexibility index (Phi) is 3.58. The molecular weight excluding hydrogens is 274 g/mol. The maximum atomic E-state index is 12.0. The summed E-state index contributed by atoms with van der Waals surface area (Å²) < 4.78 is 24.1. The lowest BCUT2D eigenvalue weighted by molar-refractivity contribution is 0.586. The zero-order chi connectivity index (χ0) is 13.2. The van der Waals surface area contributed by atoms with E-state index in [0.29, 0.717) is 5.56 Å². The molecule has 94 valence electrons. The van der Waals surface area contributed by atoms with Gasteiger partial charge in [0.15, 0.2) is 0 Å². The van der Waals surface area contributed by atoms with E-state index in [2.05, 4.69) is 15.0 Å². The van der Waals surface area contributed by atoms with Gasteiger partial charge in [-0.25, -0.2) is 23.4 Å². The van der Waals surface area contributed by atoms with Gasteiger partial charge in [-0.3, -0.25) is 0 Å². The van der Waals surface area contributed by atoms with E-state index >= 15 is 0 Å². The van der Waals surface area contributed by atoms with Crippen molar-refractivity contribution in [2.75, 3.05) is 0 Å². The highest BCUT2D eigenvalue weighted by Crippen LogP contribution is 2.14. The summed E-state index contributed by atoms with van der Waals surface area (Å²) in [5, 5.41) is 0.0774. The third-order valence-corrected chi connectivity index (χ3v) is 3.87. The molecule has 0 spiro atoms. The molecule has 0 unspecified atom stereocenters. The number of rotatable bonds is 3. The fourth-order valence-electron chi connectivity index (χ4n) is 1.36. The second-order valence-electron chi connectivity index (χ2n) is 3.79. The van der Waals surface area contributed by atoms with Crippen LogP contribution >= 0.6 is 11.6 Å². The highest BCUT2D eigenvalue weighted by Gasteiger charge is 2.18. The minimum atomic E-state index is -3.56. The van der Waals surface area contributed by atoms with Crippen LogP contribution in [-0.4, -0.2) is 23.4 Å². The molecule has 5 nitrogen and oxygen atoms in total. The van der Waals surface area contributed by atoms with Gasteiger partial charge in [0.25, 0.3) is 0 Å². The second-order valence-corrected chi connectivity index (χ2v) is 6.06. The maximum absolute atomic E-state index is 12.0. The van der Waals surface area contributed by atoms with Crippen molar-refractivity contribution in [2.24, 2.45) is 0 Å². The van der Waals surface area contributed by atoms with E-state index in [-0.39, 0.29) is 16.1 Å². The first-order valence-electron chi connectivity index (χ1n) is 5.09. The Bertz CT molecular complexity index is 656. The predicted molar refractivity (Wildman–Crippen MR) is 66.9 cm³/mol. The first-order valence-corrected chi connectivity index (χ1v) is 7.12. The maximum Gasteiger partial charge on any atom is 0.247 e. The molecule has 0 atom stereocenters. The van der Waals surface area contributed by atoms with Crippen molar-refractivity contribution >= 4 is 21.4 Å². The molecule has 7 heteroatoms. The fourth-order valence-corrected chi connectivity index (χ4v) is 2.73. The number of hydrogen-bond acceptors (Lipinski definition) is 5. The van der Waals surface area contributed by atoms with Crippen LogP contribution in [0.3, 0.4) is 0 Å². The van der Waals surface area contributed by atoms with Crippen LogP contribution in [0.2, 0.25) is 5.15 Å². The average molecular weight is 284 g/mol. The van der Waals surface area contributed by atoms with Crippen molar-refractivity contribution in [3.63, 3.8) is 0 Å². The van der Waals surface area contributed by atoms with Gasteiger partial charge in [0, 0.05) is 18.6 Å². The van der Waals surface area contributed by atoms with Gasteiger partial charge in [0.05, 0.1) is 5.75 Å². The second kappa shape index (κ2) is 4.99. The zero-order valence-electron chi connectivity index (χ0n) is 9.54. The molecule has 2 aromatic heterocycles. The van der Waals surface area contributed by atoms with Crippen molar-refractivity contribution in [3.8, 4) is 0 Å². The molecule has 0 radical (unpaired) electrons. The normalized spacial score (nSPS) is 11.4. The lowest BCUT2D eigenvalue weighted by Gasteiger charge is -2.03. The summed E-state index contributed by atoms with van der Waals surface area (Å²) in [6, 6.07) is 3.10. The third kappa shape index (κ3) is 3.02. The Labute approximate surface area is 110 Å². The molecule has 0 aliphatic rings. The average Bonchev–Trinajstić information content (AvgIpc) is 2.29. The molecule has 0 saturated carbocycles. The molecule has 0 N–H and O–H groups in total. The summed E-state index contributed by atoms with van der Waals surface area (Å²) in [7, 11) is -3.56. The SMILES string of the molecule is Cc1cnc(S(=O)(=O)Cc2ccnc(Cl)c2)nc1. The predicted octanol–water partition coefficient (Wildman–Crippen LogP) is 1.81. The monoisotopic (exact) mass is 283 g/mol. The van der Waals surface area contributed by atoms with Crippen LogP contribution in [0.15, 0.2) is 35.9 Å². The van der Waals surface area contributed by atoms with E-state index in [1.807, 2.05) is 0 Å². The Hall–Kier alpha value is -1.53. The molecule has 0 fully saturated rings. The van der Waals surface area contributed by atoms with Crippen molar-refractivity contribution in [3.05, 3.63) is 47.0 Å². The molecule has 2 aromatic rings. The summed E-state index contributed by atoms with van der Waals surface area (Å²) in [6.45, 7) is 1.79. The minimum Gasteiger partial charge on any atom is -0.245 e. The van der Waals surface area contributed by atoms with E-state index < -0.39 is 9.84 Å². The Morgan fingerprint density at radius 2 is 1.89 bits per heavy atom. The van der Waals surface area contributed by atoms with Crippen LogP contribution < -0.4 is 0 Å². The van der Waals surface area contributed by atoms with Gasteiger partial charge in [-0.1, -0.05) is 11.6 Å². The zero-order valence-corrected chi connectivity index (χ0v) is 11.1. The van der Waals surface area contributed by atoms with Gasteiger partial charge in [-0.2, -0.15) is 0 Å². The quantitative estimate of drug-likeness (QED) is 0.634. The van der Waals surface area contributed by atoms with Crippen molar-refractivity contribution < 1.29 is 8.42 Å². The summed E-state index contributed by atoms with van der Waals surface area (Å²) >= 11 is 5.70. The van der Waals surface area contributed by atoms with Crippen LogP contribution in [0, 0.1) is 6.92 Å². The molecule has 2 rings (SSSR count). The Morgan fingerprint density at radius 3 is 2.50 bits per heavy atom. The summed E-state index contributed by atoms with van der Waals surface area (Å²) in [5.41, 5.74) is 1.36. The standard InChI is InChI=1S/C11H10ClN3O2S/c1-8-5-14-11(15-6-8)18(16,17)7-9-2-3-13-10(12)4-9/h2-6H,7H2,1H3. The van der Waals surface area contributed by atoms with Gasteiger partial charge < -0.3 is 0 Å². The number of hydrogen-bond donors (Lipinski definition) is 0. The van der Waals surface area contributed by atoms with Crippen LogP contribution in [0.1, 0.15) is 11.1 Å². The molecule has 0 bridgehead atoms. The van der Waals surface area contributed by atoms with Gasteiger partial charge in [-0.15, -0.1) is 0 Å². The van der Waals surface area contributed by atoms with E-state index in [0.717, 1.165) is 5.56 Å². The lowest BCUT2D eigenvalue weighted by Crippen LogP contribution is -2.09. The lowest BCUT2D eigenvalue weighted by atomic mass is 10.3. The van der Waals surface area contributed by atoms with Gasteiger partial charge in [0.1, 0.15) is 5.15 Å². The van der Waals surface area contributed by atoms with E-state index in [1.165, 1.54) is 24.7 Å². The first kappa shape index (κ1) is 12.9. The van der Waals surface area contributed by atoms with Crippen molar-refractivity contribution in [2.45, 2.75) is 17.8 Å². The fraction of sp³-hybridized carbons (Fsp3) is 0.182. The summed E-state index contributed by atoms with van der Waals surface area (Å²) in [5.74, 6) is -0.196. The van der Waals surface area contributed by atoms with Crippen LogP contribution in [0.5, 0.6) is 0 Å². The number of aryl methyl sites for hydroxylation is 1. The minimum absolute atomic E-state index is 0.180. The molecular formula is C11H10ClN3O2S. The van der Waals surface area contributed by atoms with E-state index in [1.54, 1.807) is 13.0 Å². The van der Waals surface area contributed by atoms with E-state index in [9.17, 15) is 8.42 Å². The van der Waals surface area contributed by atoms with Crippen LogP contribution in [0.25, 0.3) is 0 Å². The van der Waals surface area contributed by atoms with Crippen LogP contribution in [-0.2, 0) is 15.6 Å². The van der Waals surface area contributed by atoms with E-state index in [4.69, 9.17) is 11.6 Å². The Morgan fingerprint density at radius 1 is 1.22 bits per heavy atom. The number of nitrogens with zero attached hydrogens (tertiary/aromatic N) is 3. The smallest absolute Gasteiger partial charge is 0.245 e. The molecule has 0 saturated heterocycles. The topological polar surface area (TPSA) is 72.8 Å². The van der Waals surface area contributed by atoms with Gasteiger partial charge in [0.2, 0.25) is 15.0 Å². The first-order chi connectivity index (χ1) is 8.47.